The molecule has 0 radical (unpaired) electrons. The molecule has 1 aromatic carbocycles. The van der Waals surface area contributed by atoms with Crippen molar-refractivity contribution in [3.8, 4) is 0 Å². The molecule has 0 fully saturated rings. The fourth-order valence-corrected chi connectivity index (χ4v) is 1.59. The third kappa shape index (κ3) is 5.42. The Hall–Kier alpha value is -2.04. The predicted molar refractivity (Wildman–Crippen MR) is 71.7 cm³/mol. The van der Waals surface area contributed by atoms with Crippen molar-refractivity contribution in [2.45, 2.75) is 25.8 Å². The zero-order valence-electron chi connectivity index (χ0n) is 11.2. The van der Waals surface area contributed by atoms with Gasteiger partial charge in [0.05, 0.1) is 13.7 Å². The fourth-order valence-electron chi connectivity index (χ4n) is 1.59. The number of rotatable bonds is 7. The zero-order valence-corrected chi connectivity index (χ0v) is 11.2. The average Bonchev–Trinajstić information content (AvgIpc) is 2.44. The molecule has 1 atom stereocenters. The molecule has 5 nitrogen and oxygen atoms in total. The van der Waals surface area contributed by atoms with Crippen molar-refractivity contribution in [3.05, 3.63) is 30.3 Å². The first-order valence-corrected chi connectivity index (χ1v) is 6.22. The van der Waals surface area contributed by atoms with Gasteiger partial charge in [-0.15, -0.1) is 0 Å². The van der Waals surface area contributed by atoms with Gasteiger partial charge in [0, 0.05) is 12.1 Å². The van der Waals surface area contributed by atoms with Gasteiger partial charge in [-0.25, -0.2) is 4.79 Å². The minimum absolute atomic E-state index is 0.166. The number of carbonyl (C=O) groups excluding carboxylic acids is 2. The maximum Gasteiger partial charge on any atom is 0.328 e. The number of para-hydroxylation sites is 1. The van der Waals surface area contributed by atoms with Crippen LogP contribution in [0.15, 0.2) is 30.3 Å². The van der Waals surface area contributed by atoms with Crippen LogP contribution in [0.25, 0.3) is 0 Å². The summed E-state index contributed by atoms with van der Waals surface area (Å²) in [5, 5.41) is 3.06. The lowest BCUT2D eigenvalue weighted by Gasteiger charge is -2.17. The van der Waals surface area contributed by atoms with E-state index in [1.165, 1.54) is 7.11 Å². The van der Waals surface area contributed by atoms with E-state index >= 15 is 0 Å². The molecule has 5 heteroatoms. The number of carbonyl (C=O) groups is 2. The Balaban J connectivity index is 2.63. The second-order valence-electron chi connectivity index (χ2n) is 3.93. The lowest BCUT2D eigenvalue weighted by atomic mass is 10.1. The molecule has 1 aromatic rings. The molecule has 0 aliphatic heterocycles. The summed E-state index contributed by atoms with van der Waals surface area (Å²) >= 11 is 0. The summed E-state index contributed by atoms with van der Waals surface area (Å²) in [7, 11) is 1.33. The molecular weight excluding hydrogens is 246 g/mol. The number of ether oxygens (including phenoxy) is 2. The molecule has 1 N–H and O–H groups in total. The third-order valence-electron chi connectivity index (χ3n) is 2.55. The van der Waals surface area contributed by atoms with E-state index in [0.29, 0.717) is 13.0 Å². The quantitative estimate of drug-likeness (QED) is 0.764. The SMILES string of the molecule is CCOC(=O)[C@@H](CCC(=O)OC)Nc1ccccc1. The normalized spacial score (nSPS) is 11.5. The van der Waals surface area contributed by atoms with Crippen LogP contribution in [0, 0.1) is 0 Å². The third-order valence-corrected chi connectivity index (χ3v) is 2.55. The van der Waals surface area contributed by atoms with Crippen molar-refractivity contribution in [1.29, 1.82) is 0 Å². The second-order valence-corrected chi connectivity index (χ2v) is 3.93. The van der Waals surface area contributed by atoms with Crippen LogP contribution in [-0.2, 0) is 19.1 Å². The van der Waals surface area contributed by atoms with E-state index in [1.807, 2.05) is 30.3 Å². The van der Waals surface area contributed by atoms with Gasteiger partial charge in [-0.2, -0.15) is 0 Å². The van der Waals surface area contributed by atoms with E-state index in [-0.39, 0.29) is 18.4 Å². The van der Waals surface area contributed by atoms with Crippen molar-refractivity contribution in [3.63, 3.8) is 0 Å². The summed E-state index contributed by atoms with van der Waals surface area (Å²) < 4.78 is 9.56. The van der Waals surface area contributed by atoms with Crippen LogP contribution in [-0.4, -0.2) is 31.7 Å². The first-order chi connectivity index (χ1) is 9.17. The Morgan fingerprint density at radius 2 is 1.95 bits per heavy atom. The highest BCUT2D eigenvalue weighted by molar-refractivity contribution is 5.80. The van der Waals surface area contributed by atoms with Gasteiger partial charge in [-0.3, -0.25) is 4.79 Å². The average molecular weight is 265 g/mol. The number of methoxy groups -OCH3 is 1. The Bertz CT molecular complexity index is 405. The van der Waals surface area contributed by atoms with E-state index in [9.17, 15) is 9.59 Å². The highest BCUT2D eigenvalue weighted by atomic mass is 16.5. The van der Waals surface area contributed by atoms with Crippen LogP contribution in [0.3, 0.4) is 0 Å². The van der Waals surface area contributed by atoms with Crippen LogP contribution >= 0.6 is 0 Å². The van der Waals surface area contributed by atoms with E-state index in [2.05, 4.69) is 10.1 Å². The fraction of sp³-hybridized carbons (Fsp3) is 0.429. The van der Waals surface area contributed by atoms with E-state index in [1.54, 1.807) is 6.92 Å². The highest BCUT2D eigenvalue weighted by Crippen LogP contribution is 2.12. The molecule has 0 unspecified atom stereocenters. The lowest BCUT2D eigenvalue weighted by Crippen LogP contribution is -2.32. The molecule has 0 aliphatic rings. The maximum atomic E-state index is 11.8. The molecule has 19 heavy (non-hydrogen) atoms. The topological polar surface area (TPSA) is 64.6 Å². The van der Waals surface area contributed by atoms with Gasteiger partial charge >= 0.3 is 11.9 Å². The van der Waals surface area contributed by atoms with Gasteiger partial charge < -0.3 is 14.8 Å². The van der Waals surface area contributed by atoms with Gasteiger partial charge in [-0.05, 0) is 25.5 Å². The van der Waals surface area contributed by atoms with Gasteiger partial charge in [0.15, 0.2) is 0 Å². The van der Waals surface area contributed by atoms with Crippen LogP contribution in [0.1, 0.15) is 19.8 Å². The summed E-state index contributed by atoms with van der Waals surface area (Å²) in [6, 6.07) is 8.77. The van der Waals surface area contributed by atoms with E-state index in [4.69, 9.17) is 4.74 Å². The molecule has 0 saturated carbocycles. The summed E-state index contributed by atoms with van der Waals surface area (Å²) in [5.74, 6) is -0.709. The lowest BCUT2D eigenvalue weighted by molar-refractivity contribution is -0.145. The molecule has 0 bridgehead atoms. The molecule has 0 spiro atoms. The van der Waals surface area contributed by atoms with Crippen molar-refractivity contribution in [1.82, 2.24) is 0 Å². The number of esters is 2. The van der Waals surface area contributed by atoms with Crippen molar-refractivity contribution in [2.24, 2.45) is 0 Å². The number of nitrogens with one attached hydrogen (secondary N) is 1. The van der Waals surface area contributed by atoms with Gasteiger partial charge in [0.1, 0.15) is 6.04 Å². The minimum atomic E-state index is -0.554. The summed E-state index contributed by atoms with van der Waals surface area (Å²) in [4.78, 5) is 23.0. The van der Waals surface area contributed by atoms with Crippen molar-refractivity contribution < 1.29 is 19.1 Å². The van der Waals surface area contributed by atoms with Crippen molar-refractivity contribution >= 4 is 17.6 Å². The van der Waals surface area contributed by atoms with Gasteiger partial charge in [0.2, 0.25) is 0 Å². The zero-order chi connectivity index (χ0) is 14.1. The Morgan fingerprint density at radius 1 is 1.26 bits per heavy atom. The number of benzene rings is 1. The number of hydrogen-bond acceptors (Lipinski definition) is 5. The summed E-state index contributed by atoms with van der Waals surface area (Å²) in [6.45, 7) is 2.06. The van der Waals surface area contributed by atoms with Crippen LogP contribution in [0.2, 0.25) is 0 Å². The van der Waals surface area contributed by atoms with Crippen molar-refractivity contribution in [2.75, 3.05) is 19.0 Å². The van der Waals surface area contributed by atoms with E-state index < -0.39 is 6.04 Å². The summed E-state index contributed by atoms with van der Waals surface area (Å²) in [6.07, 6.45) is 0.500. The van der Waals surface area contributed by atoms with Crippen LogP contribution in [0.5, 0.6) is 0 Å². The predicted octanol–water partition coefficient (Wildman–Crippen LogP) is 1.98. The minimum Gasteiger partial charge on any atom is -0.469 e. The van der Waals surface area contributed by atoms with E-state index in [0.717, 1.165) is 5.69 Å². The number of hydrogen-bond donors (Lipinski definition) is 1. The smallest absolute Gasteiger partial charge is 0.328 e. The highest BCUT2D eigenvalue weighted by Gasteiger charge is 2.20. The molecule has 0 saturated heterocycles. The Morgan fingerprint density at radius 3 is 2.53 bits per heavy atom. The molecule has 0 amide bonds. The molecule has 0 aromatic heterocycles. The van der Waals surface area contributed by atoms with Gasteiger partial charge in [0.25, 0.3) is 0 Å². The second kappa shape index (κ2) is 8.13. The van der Waals surface area contributed by atoms with Gasteiger partial charge in [-0.1, -0.05) is 18.2 Å². The monoisotopic (exact) mass is 265 g/mol. The largest absolute Gasteiger partial charge is 0.469 e. The molecule has 0 heterocycles. The number of anilines is 1. The molecule has 1 rings (SSSR count). The first kappa shape index (κ1) is 15.0. The standard InChI is InChI=1S/C14H19NO4/c1-3-19-14(17)12(9-10-13(16)18-2)15-11-7-5-4-6-8-11/h4-8,12,15H,3,9-10H2,1-2H3/t12-/m1/s1. The molecular formula is C14H19NO4. The molecule has 0 aliphatic carbocycles. The summed E-state index contributed by atoms with van der Waals surface area (Å²) in [5.41, 5.74) is 0.811. The Kier molecular flexibility index (Phi) is 6.43. The maximum absolute atomic E-state index is 11.8. The first-order valence-electron chi connectivity index (χ1n) is 6.22. The van der Waals surface area contributed by atoms with Crippen LogP contribution in [0.4, 0.5) is 5.69 Å². The molecule has 104 valence electrons. The Labute approximate surface area is 112 Å². The van der Waals surface area contributed by atoms with Crippen LogP contribution < -0.4 is 5.32 Å².